The number of hydrogen-bond acceptors (Lipinski definition) is 10. The van der Waals surface area contributed by atoms with Crippen molar-refractivity contribution in [1.29, 1.82) is 0 Å². The molecule has 170 valence electrons. The van der Waals surface area contributed by atoms with Gasteiger partial charge in [-0.15, -0.1) is 0 Å². The fourth-order valence-electron chi connectivity index (χ4n) is 1.94. The molecule has 0 bridgehead atoms. The highest BCUT2D eigenvalue weighted by Crippen LogP contribution is 2.40. The Bertz CT molecular complexity index is 486. The molecule has 0 aromatic heterocycles. The Morgan fingerprint density at radius 1 is 0.643 bits per heavy atom. The van der Waals surface area contributed by atoms with Crippen molar-refractivity contribution < 1.29 is 56.2 Å². The Hall–Kier alpha value is 0.0600. The molecule has 0 rings (SSSR count). The first-order chi connectivity index (χ1) is 12.7. The summed E-state index contributed by atoms with van der Waals surface area (Å²) in [6.45, 7) is 0.110. The van der Waals surface area contributed by atoms with Crippen LogP contribution in [-0.2, 0) is 27.2 Å². The highest BCUT2D eigenvalue weighted by Gasteiger charge is 2.19. The van der Waals surface area contributed by atoms with Crippen molar-refractivity contribution in [3.05, 3.63) is 0 Å². The second-order valence-electron chi connectivity index (χ2n) is 7.44. The summed E-state index contributed by atoms with van der Waals surface area (Å²) in [6, 6.07) is 0. The molecule has 0 aliphatic rings. The average Bonchev–Trinajstić information content (AvgIpc) is 2.50. The third kappa shape index (κ3) is 15.0. The molecule has 12 nitrogen and oxygen atoms in total. The molecule has 0 spiro atoms. The third-order valence-electron chi connectivity index (χ3n) is 3.88. The van der Waals surface area contributed by atoms with Crippen LogP contribution in [-0.4, -0.2) is 113 Å². The topological polar surface area (TPSA) is 158 Å². The zero-order valence-electron chi connectivity index (χ0n) is 17.0. The summed E-state index contributed by atoms with van der Waals surface area (Å²) in [6.07, 6.45) is 0. The number of phosphoric ester groups is 2. The quantitative estimate of drug-likeness (QED) is 0.145. The number of aliphatic hydroxyl groups is 2. The standard InChI is InChI=1S/C14H34N2O10P2/c1-15(2,5-9-17)7-11-23-27(19,20)25-13-14-26-28(21,22)24-12-8-16(3,4)6-10-18/h17-18H,5-14H2,1-4H3. The molecular weight excluding hydrogens is 418 g/mol. The van der Waals surface area contributed by atoms with Gasteiger partial charge in [-0.05, 0) is 0 Å². The fourth-order valence-corrected chi connectivity index (χ4v) is 3.29. The number of nitrogens with zero attached hydrogens (tertiary/aromatic N) is 2. The SMILES string of the molecule is C[N+](C)(CCO)CCOP(=O)([O-])OCCOP(=O)([O-])OCC[N+](C)(C)CCO. The maximum absolute atomic E-state index is 11.6. The van der Waals surface area contributed by atoms with Crippen molar-refractivity contribution >= 4 is 15.6 Å². The van der Waals surface area contributed by atoms with Crippen LogP contribution in [0.4, 0.5) is 0 Å². The van der Waals surface area contributed by atoms with Crippen molar-refractivity contribution in [3.63, 3.8) is 0 Å². The van der Waals surface area contributed by atoms with E-state index in [0.29, 0.717) is 35.1 Å². The van der Waals surface area contributed by atoms with E-state index in [2.05, 4.69) is 9.05 Å². The van der Waals surface area contributed by atoms with E-state index in [1.54, 1.807) is 28.2 Å². The second-order valence-corrected chi connectivity index (χ2v) is 10.3. The van der Waals surface area contributed by atoms with E-state index in [-0.39, 0.29) is 26.4 Å². The van der Waals surface area contributed by atoms with Gasteiger partial charge in [0.2, 0.25) is 0 Å². The van der Waals surface area contributed by atoms with Gasteiger partial charge in [0.1, 0.15) is 39.4 Å². The fraction of sp³-hybridized carbons (Fsp3) is 1.00. The van der Waals surface area contributed by atoms with Gasteiger partial charge in [-0.1, -0.05) is 0 Å². The van der Waals surface area contributed by atoms with Crippen LogP contribution < -0.4 is 9.79 Å². The molecule has 0 amide bonds. The van der Waals surface area contributed by atoms with Crippen molar-refractivity contribution in [3.8, 4) is 0 Å². The van der Waals surface area contributed by atoms with Gasteiger partial charge < -0.3 is 47.1 Å². The van der Waals surface area contributed by atoms with Gasteiger partial charge in [-0.25, -0.2) is 0 Å². The normalized spacial score (nSPS) is 17.3. The third-order valence-corrected chi connectivity index (χ3v) is 5.88. The summed E-state index contributed by atoms with van der Waals surface area (Å²) >= 11 is 0. The number of phosphoric acid groups is 2. The minimum atomic E-state index is -4.59. The predicted octanol–water partition coefficient (Wildman–Crippen LogP) is -1.87. The van der Waals surface area contributed by atoms with E-state index >= 15 is 0 Å². The molecule has 0 aromatic rings. The van der Waals surface area contributed by atoms with E-state index in [4.69, 9.17) is 19.3 Å². The predicted molar refractivity (Wildman–Crippen MR) is 96.9 cm³/mol. The van der Waals surface area contributed by atoms with Crippen molar-refractivity contribution in [1.82, 2.24) is 0 Å². The van der Waals surface area contributed by atoms with Crippen LogP contribution in [0.3, 0.4) is 0 Å². The Kier molecular flexibility index (Phi) is 12.7. The summed E-state index contributed by atoms with van der Waals surface area (Å²) in [5, 5.41) is 17.8. The van der Waals surface area contributed by atoms with Crippen LogP contribution in [0.15, 0.2) is 0 Å². The van der Waals surface area contributed by atoms with Gasteiger partial charge in [0, 0.05) is 0 Å². The average molecular weight is 452 g/mol. The molecule has 0 saturated carbocycles. The van der Waals surface area contributed by atoms with Gasteiger partial charge in [-0.2, -0.15) is 0 Å². The summed E-state index contributed by atoms with van der Waals surface area (Å²) in [7, 11) is -1.96. The summed E-state index contributed by atoms with van der Waals surface area (Å²) < 4.78 is 42.4. The lowest BCUT2D eigenvalue weighted by atomic mass is 10.4. The molecule has 2 unspecified atom stereocenters. The Morgan fingerprint density at radius 2 is 0.929 bits per heavy atom. The van der Waals surface area contributed by atoms with Crippen LogP contribution in [0, 0.1) is 0 Å². The van der Waals surface area contributed by atoms with Gasteiger partial charge in [0.15, 0.2) is 0 Å². The van der Waals surface area contributed by atoms with Crippen molar-refractivity contribution in [2.75, 3.05) is 94.0 Å². The smallest absolute Gasteiger partial charge is 0.268 e. The molecule has 2 N–H and O–H groups in total. The number of rotatable bonds is 17. The molecular formula is C14H34N2O10P2. The number of hydrogen-bond donors (Lipinski definition) is 2. The van der Waals surface area contributed by atoms with Crippen LogP contribution in [0.1, 0.15) is 0 Å². The number of quaternary nitrogens is 2. The monoisotopic (exact) mass is 452 g/mol. The van der Waals surface area contributed by atoms with Crippen LogP contribution in [0.5, 0.6) is 0 Å². The van der Waals surface area contributed by atoms with Crippen LogP contribution in [0.25, 0.3) is 0 Å². The first-order valence-electron chi connectivity index (χ1n) is 8.80. The molecule has 0 saturated heterocycles. The van der Waals surface area contributed by atoms with Crippen LogP contribution >= 0.6 is 15.6 Å². The second kappa shape index (κ2) is 12.7. The first kappa shape index (κ1) is 28.1. The summed E-state index contributed by atoms with van der Waals surface area (Å²) in [5.41, 5.74) is 0. The largest absolute Gasteiger partial charge is 0.756 e. The first-order valence-corrected chi connectivity index (χ1v) is 11.7. The lowest BCUT2D eigenvalue weighted by Crippen LogP contribution is -2.44. The van der Waals surface area contributed by atoms with E-state index in [0.717, 1.165) is 0 Å². The minimum Gasteiger partial charge on any atom is -0.756 e. The molecule has 2 atom stereocenters. The maximum Gasteiger partial charge on any atom is 0.268 e. The van der Waals surface area contributed by atoms with Crippen molar-refractivity contribution in [2.24, 2.45) is 0 Å². The zero-order valence-corrected chi connectivity index (χ0v) is 18.8. The highest BCUT2D eigenvalue weighted by molar-refractivity contribution is 7.46. The summed E-state index contributed by atoms with van der Waals surface area (Å²) in [5.74, 6) is 0. The Labute approximate surface area is 166 Å². The van der Waals surface area contributed by atoms with E-state index < -0.39 is 28.9 Å². The van der Waals surface area contributed by atoms with Crippen LogP contribution in [0.2, 0.25) is 0 Å². The van der Waals surface area contributed by atoms with E-state index in [1.807, 2.05) is 0 Å². The molecule has 0 heterocycles. The molecule has 28 heavy (non-hydrogen) atoms. The molecule has 0 fully saturated rings. The Morgan fingerprint density at radius 3 is 1.21 bits per heavy atom. The number of likely N-dealkylation sites (N-methyl/N-ethyl adjacent to an activating group) is 2. The van der Waals surface area contributed by atoms with Gasteiger partial charge in [0.05, 0.1) is 54.6 Å². The van der Waals surface area contributed by atoms with Crippen molar-refractivity contribution in [2.45, 2.75) is 0 Å². The molecule has 0 aliphatic carbocycles. The molecule has 0 radical (unpaired) electrons. The minimum absolute atomic E-state index is 0.0366. The molecule has 14 heteroatoms. The molecule has 0 aromatic carbocycles. The van der Waals surface area contributed by atoms with Gasteiger partial charge >= 0.3 is 0 Å². The lowest BCUT2D eigenvalue weighted by molar-refractivity contribution is -0.890. The maximum atomic E-state index is 11.6. The number of aliphatic hydroxyl groups excluding tert-OH is 2. The van der Waals surface area contributed by atoms with E-state index in [1.165, 1.54) is 0 Å². The molecule has 0 aliphatic heterocycles. The summed E-state index contributed by atoms with van der Waals surface area (Å²) in [4.78, 5) is 23.2. The zero-order chi connectivity index (χ0) is 21.9. The van der Waals surface area contributed by atoms with E-state index in [9.17, 15) is 18.9 Å². The van der Waals surface area contributed by atoms with Gasteiger partial charge in [-0.3, -0.25) is 9.13 Å². The van der Waals surface area contributed by atoms with Gasteiger partial charge in [0.25, 0.3) is 15.6 Å². The lowest BCUT2D eigenvalue weighted by Gasteiger charge is -2.31. The highest BCUT2D eigenvalue weighted by atomic mass is 31.2. The Balaban J connectivity index is 4.07.